The maximum atomic E-state index is 8.94. The van der Waals surface area contributed by atoms with Gasteiger partial charge in [-0.3, -0.25) is 0 Å². The minimum absolute atomic E-state index is 0.822. The third-order valence-electron chi connectivity index (χ3n) is 7.80. The standard InChI is InChI=1S/C37H36NO/c1-23(2)28-14-10-15-29(24(3)4)35(28)27-20-21-38(6)33(22-27)34-25(5)18-19-32-31-17-11-16-30(36(31)39-37(32)34)26-12-8-7-9-13-26/h7-24H,1-6H3/q+1/i23D,24D. The summed E-state index contributed by atoms with van der Waals surface area (Å²) in [6, 6.07) is 31.4. The van der Waals surface area contributed by atoms with E-state index in [1.807, 2.05) is 52.0 Å². The molecule has 0 aliphatic heterocycles. The Kier molecular flexibility index (Phi) is 5.76. The highest BCUT2D eigenvalue weighted by atomic mass is 16.3. The van der Waals surface area contributed by atoms with Gasteiger partial charge in [0.25, 0.3) is 0 Å². The van der Waals surface area contributed by atoms with Gasteiger partial charge in [-0.15, -0.1) is 0 Å². The molecular formula is C37H36NO+. The molecule has 39 heavy (non-hydrogen) atoms. The molecule has 0 spiro atoms. The highest BCUT2D eigenvalue weighted by Gasteiger charge is 2.24. The molecule has 0 saturated carbocycles. The van der Waals surface area contributed by atoms with Gasteiger partial charge in [-0.05, 0) is 52.1 Å². The van der Waals surface area contributed by atoms with Crippen LogP contribution in [0.2, 0.25) is 0 Å². The van der Waals surface area contributed by atoms with E-state index >= 15 is 0 Å². The highest BCUT2D eigenvalue weighted by molar-refractivity contribution is 6.13. The van der Waals surface area contributed by atoms with Crippen LogP contribution >= 0.6 is 0 Å². The molecule has 2 aromatic heterocycles. The van der Waals surface area contributed by atoms with Crippen LogP contribution in [0.1, 0.15) is 58.9 Å². The van der Waals surface area contributed by atoms with Gasteiger partial charge in [-0.1, -0.05) is 107 Å². The lowest BCUT2D eigenvalue weighted by atomic mass is 9.85. The summed E-state index contributed by atoms with van der Waals surface area (Å²) in [4.78, 5) is 0. The summed E-state index contributed by atoms with van der Waals surface area (Å²) >= 11 is 0. The Hall–Kier alpha value is -4.17. The SMILES string of the molecule is [2H]C(C)(C)c1cccc(C([2H])(C)C)c1-c1cc[n+](C)c(-c2c(C)ccc3c2oc2c(-c4ccccc4)cccc23)c1. The van der Waals surface area contributed by atoms with Crippen molar-refractivity contribution in [3.05, 3.63) is 114 Å². The second-order valence-corrected chi connectivity index (χ2v) is 10.9. The quantitative estimate of drug-likeness (QED) is 0.210. The number of aryl methyl sites for hydroxylation is 2. The number of aromatic nitrogens is 1. The number of hydrogen-bond acceptors (Lipinski definition) is 1. The maximum absolute atomic E-state index is 8.94. The van der Waals surface area contributed by atoms with Gasteiger partial charge in [0, 0.05) is 31.2 Å². The van der Waals surface area contributed by atoms with Crippen molar-refractivity contribution in [2.75, 3.05) is 0 Å². The molecule has 4 aromatic carbocycles. The maximum Gasteiger partial charge on any atom is 0.216 e. The van der Waals surface area contributed by atoms with E-state index in [0.717, 1.165) is 72.1 Å². The summed E-state index contributed by atoms with van der Waals surface area (Å²) in [5.41, 5.74) is 11.0. The summed E-state index contributed by atoms with van der Waals surface area (Å²) in [6.45, 7) is 9.80. The van der Waals surface area contributed by atoms with Gasteiger partial charge in [0.05, 0.1) is 5.56 Å². The third-order valence-corrected chi connectivity index (χ3v) is 7.80. The van der Waals surface area contributed by atoms with Crippen LogP contribution in [-0.4, -0.2) is 0 Å². The molecule has 194 valence electrons. The average Bonchev–Trinajstić information content (AvgIpc) is 3.31. The van der Waals surface area contributed by atoms with Crippen molar-refractivity contribution >= 4 is 21.9 Å². The number of hydrogen-bond donors (Lipinski definition) is 0. The van der Waals surface area contributed by atoms with E-state index in [-0.39, 0.29) is 0 Å². The first-order valence-corrected chi connectivity index (χ1v) is 13.6. The fourth-order valence-corrected chi connectivity index (χ4v) is 5.79. The molecule has 2 nitrogen and oxygen atoms in total. The van der Waals surface area contributed by atoms with Gasteiger partial charge >= 0.3 is 0 Å². The minimum Gasteiger partial charge on any atom is -0.454 e. The van der Waals surface area contributed by atoms with Crippen molar-refractivity contribution in [1.29, 1.82) is 0 Å². The van der Waals surface area contributed by atoms with E-state index in [2.05, 4.69) is 91.5 Å². The summed E-state index contributed by atoms with van der Waals surface area (Å²) < 4.78 is 26.8. The van der Waals surface area contributed by atoms with Crippen molar-refractivity contribution in [2.45, 2.75) is 46.4 Å². The number of nitrogens with zero attached hydrogens (tertiary/aromatic N) is 1. The Morgan fingerprint density at radius 1 is 0.667 bits per heavy atom. The van der Waals surface area contributed by atoms with Gasteiger partial charge in [-0.2, -0.15) is 0 Å². The second-order valence-electron chi connectivity index (χ2n) is 10.9. The summed E-state index contributed by atoms with van der Waals surface area (Å²) in [5, 5.41) is 2.19. The molecule has 6 aromatic rings. The number of pyridine rings is 1. The van der Waals surface area contributed by atoms with E-state index in [1.165, 1.54) is 0 Å². The zero-order valence-corrected chi connectivity index (χ0v) is 23.6. The van der Waals surface area contributed by atoms with Gasteiger partial charge in [-0.25, -0.2) is 4.57 Å². The van der Waals surface area contributed by atoms with Gasteiger partial charge in [0.2, 0.25) is 5.69 Å². The molecule has 0 N–H and O–H groups in total. The third kappa shape index (κ3) is 4.25. The van der Waals surface area contributed by atoms with Crippen LogP contribution < -0.4 is 4.57 Å². The van der Waals surface area contributed by atoms with Crippen LogP contribution in [0.5, 0.6) is 0 Å². The van der Waals surface area contributed by atoms with Crippen molar-refractivity contribution < 1.29 is 11.7 Å². The Labute approximate surface area is 234 Å². The zero-order chi connectivity index (χ0) is 29.1. The Morgan fingerprint density at radius 3 is 2.03 bits per heavy atom. The first-order valence-electron chi connectivity index (χ1n) is 14.6. The van der Waals surface area contributed by atoms with E-state index in [0.29, 0.717) is 0 Å². The number of para-hydroxylation sites is 1. The van der Waals surface area contributed by atoms with Crippen LogP contribution in [0.3, 0.4) is 0 Å². The van der Waals surface area contributed by atoms with Crippen LogP contribution in [0.4, 0.5) is 0 Å². The van der Waals surface area contributed by atoms with E-state index < -0.39 is 11.8 Å². The zero-order valence-electron chi connectivity index (χ0n) is 25.6. The first-order chi connectivity index (χ1) is 19.4. The Balaban J connectivity index is 1.64. The van der Waals surface area contributed by atoms with E-state index in [4.69, 9.17) is 7.16 Å². The van der Waals surface area contributed by atoms with Gasteiger partial charge in [0.15, 0.2) is 6.20 Å². The Morgan fingerprint density at radius 2 is 1.33 bits per heavy atom. The molecule has 0 fully saturated rings. The van der Waals surface area contributed by atoms with Crippen LogP contribution in [0, 0.1) is 6.92 Å². The van der Waals surface area contributed by atoms with E-state index in [9.17, 15) is 0 Å². The molecular weight excluding hydrogens is 474 g/mol. The molecule has 2 heterocycles. The summed E-state index contributed by atoms with van der Waals surface area (Å²) in [5.74, 6) is -1.64. The Bertz CT molecular complexity index is 1890. The smallest absolute Gasteiger partial charge is 0.216 e. The van der Waals surface area contributed by atoms with E-state index in [1.54, 1.807) is 0 Å². The van der Waals surface area contributed by atoms with Crippen LogP contribution in [-0.2, 0) is 7.05 Å². The predicted octanol–water partition coefficient (Wildman–Crippen LogP) is 9.97. The summed E-state index contributed by atoms with van der Waals surface area (Å²) in [7, 11) is 2.06. The lowest BCUT2D eigenvalue weighted by Crippen LogP contribution is -2.30. The molecule has 0 bridgehead atoms. The minimum atomic E-state index is -0.822. The highest BCUT2D eigenvalue weighted by Crippen LogP contribution is 2.42. The first kappa shape index (κ1) is 22.8. The fourth-order valence-electron chi connectivity index (χ4n) is 5.79. The lowest BCUT2D eigenvalue weighted by molar-refractivity contribution is -0.660. The van der Waals surface area contributed by atoms with Crippen molar-refractivity contribution in [1.82, 2.24) is 0 Å². The van der Waals surface area contributed by atoms with Gasteiger partial charge in [0.1, 0.15) is 18.2 Å². The van der Waals surface area contributed by atoms with Gasteiger partial charge < -0.3 is 4.42 Å². The second kappa shape index (κ2) is 9.85. The van der Waals surface area contributed by atoms with Crippen LogP contribution in [0.15, 0.2) is 102 Å². The monoisotopic (exact) mass is 512 g/mol. The predicted molar refractivity (Wildman–Crippen MR) is 164 cm³/mol. The topological polar surface area (TPSA) is 17.0 Å². The largest absolute Gasteiger partial charge is 0.454 e. The van der Waals surface area contributed by atoms with Crippen LogP contribution in [0.25, 0.3) is 55.4 Å². The number of benzene rings is 4. The molecule has 0 radical (unpaired) electrons. The molecule has 0 aliphatic rings. The average molecular weight is 513 g/mol. The fraction of sp³-hybridized carbons (Fsp3) is 0.216. The molecule has 0 atom stereocenters. The van der Waals surface area contributed by atoms with Crippen molar-refractivity contribution in [2.24, 2.45) is 7.05 Å². The summed E-state index contributed by atoms with van der Waals surface area (Å²) in [6.07, 6.45) is 2.08. The normalized spacial score (nSPS) is 13.1. The number of fused-ring (bicyclic) bond motifs is 3. The molecule has 0 aliphatic carbocycles. The molecule has 2 heteroatoms. The molecule has 0 saturated heterocycles. The molecule has 6 rings (SSSR count). The number of furan rings is 1. The lowest BCUT2D eigenvalue weighted by Gasteiger charge is -2.20. The molecule has 0 unspecified atom stereocenters. The molecule has 0 amide bonds. The van der Waals surface area contributed by atoms with Crippen molar-refractivity contribution in [3.63, 3.8) is 0 Å². The number of rotatable bonds is 5. The van der Waals surface area contributed by atoms with Crippen molar-refractivity contribution in [3.8, 4) is 33.5 Å².